The maximum Gasteiger partial charge on any atom is 0.411 e. The minimum Gasteiger partial charge on any atom is -0.388 e. The number of carbonyl (C=O) groups excluding carboxylic acids is 1. The van der Waals surface area contributed by atoms with Gasteiger partial charge in [-0.25, -0.2) is 4.39 Å². The molecule has 0 aliphatic carbocycles. The Morgan fingerprint density at radius 2 is 1.86 bits per heavy atom. The summed E-state index contributed by atoms with van der Waals surface area (Å²) in [5.74, 6) is -1.39. The zero-order valence-corrected chi connectivity index (χ0v) is 15.1. The summed E-state index contributed by atoms with van der Waals surface area (Å²) in [6.07, 6.45) is 0.596. The second-order valence-electron chi connectivity index (χ2n) is 7.06. The highest BCUT2D eigenvalue weighted by Crippen LogP contribution is 2.32. The average molecular weight is 397 g/mol. The first-order valence-electron chi connectivity index (χ1n) is 8.48. The van der Waals surface area contributed by atoms with Crippen molar-refractivity contribution in [2.45, 2.75) is 37.8 Å². The molecule has 0 saturated carbocycles. The molecule has 2 atom stereocenters. The van der Waals surface area contributed by atoms with Crippen LogP contribution < -0.4 is 10.6 Å². The van der Waals surface area contributed by atoms with Crippen LogP contribution in [0, 0.1) is 5.82 Å². The van der Waals surface area contributed by atoms with Crippen LogP contribution in [-0.4, -0.2) is 39.9 Å². The molecule has 3 rings (SSSR count). The summed E-state index contributed by atoms with van der Waals surface area (Å²) in [6, 6.07) is 3.06. The van der Waals surface area contributed by atoms with Crippen molar-refractivity contribution in [2.75, 3.05) is 0 Å². The number of aliphatic hydroxyl groups is 1. The first-order chi connectivity index (χ1) is 13.0. The fraction of sp³-hybridized carbons (Fsp3) is 0.316. The van der Waals surface area contributed by atoms with Crippen molar-refractivity contribution in [2.24, 2.45) is 0 Å². The molecule has 3 N–H and O–H groups in total. The van der Waals surface area contributed by atoms with E-state index in [1.54, 1.807) is 24.4 Å². The maximum absolute atomic E-state index is 13.3. The lowest BCUT2D eigenvalue weighted by molar-refractivity contribution is -0.197. The molecule has 0 bridgehead atoms. The molecule has 2 heterocycles. The summed E-state index contributed by atoms with van der Waals surface area (Å²) in [7, 11) is 0. The van der Waals surface area contributed by atoms with E-state index in [-0.39, 0.29) is 0 Å². The minimum absolute atomic E-state index is 0.434. The molecular formula is C19H19F4N3O2. The van der Waals surface area contributed by atoms with Gasteiger partial charge in [0.05, 0.1) is 17.0 Å². The van der Waals surface area contributed by atoms with Gasteiger partial charge in [-0.05, 0) is 55.8 Å². The van der Waals surface area contributed by atoms with Crippen LogP contribution >= 0.6 is 0 Å². The number of hydrogen-bond donors (Lipinski definition) is 3. The van der Waals surface area contributed by atoms with Gasteiger partial charge in [0, 0.05) is 6.20 Å². The van der Waals surface area contributed by atoms with Gasteiger partial charge in [-0.2, -0.15) is 13.2 Å². The number of hydrogen-bond acceptors (Lipinski definition) is 4. The molecule has 0 aromatic heterocycles. The molecule has 0 saturated heterocycles. The van der Waals surface area contributed by atoms with Gasteiger partial charge in [-0.15, -0.1) is 0 Å². The molecule has 0 fully saturated rings. The smallest absolute Gasteiger partial charge is 0.388 e. The number of nitrogens with zero attached hydrogens (tertiary/aromatic N) is 1. The van der Waals surface area contributed by atoms with Gasteiger partial charge in [-0.1, -0.05) is 6.08 Å². The quantitative estimate of drug-likeness (QED) is 0.684. The largest absolute Gasteiger partial charge is 0.411 e. The van der Waals surface area contributed by atoms with Gasteiger partial charge in [0.1, 0.15) is 5.82 Å². The molecule has 5 nitrogen and oxygen atoms in total. The molecule has 2 aliphatic heterocycles. The molecule has 1 amide bonds. The number of allylic oxidation sites excluding steroid dienone is 3. The molecule has 1 aromatic rings. The van der Waals surface area contributed by atoms with E-state index in [9.17, 15) is 27.5 Å². The van der Waals surface area contributed by atoms with E-state index < -0.39 is 35.7 Å². The van der Waals surface area contributed by atoms with Crippen molar-refractivity contribution in [1.29, 1.82) is 0 Å². The van der Waals surface area contributed by atoms with Gasteiger partial charge in [-0.3, -0.25) is 4.79 Å². The lowest BCUT2D eigenvalue weighted by atomic mass is 9.98. The van der Waals surface area contributed by atoms with Gasteiger partial charge < -0.3 is 20.6 Å². The van der Waals surface area contributed by atoms with Crippen LogP contribution in [0.4, 0.5) is 17.6 Å². The Balaban J connectivity index is 1.88. The van der Waals surface area contributed by atoms with Crippen LogP contribution in [0.25, 0.3) is 5.70 Å². The summed E-state index contributed by atoms with van der Waals surface area (Å²) >= 11 is 0. The van der Waals surface area contributed by atoms with Crippen LogP contribution in [0.3, 0.4) is 0 Å². The van der Waals surface area contributed by atoms with Gasteiger partial charge >= 0.3 is 6.18 Å². The first kappa shape index (κ1) is 19.9. The predicted molar refractivity (Wildman–Crippen MR) is 94.6 cm³/mol. The Hall–Kier alpha value is -2.81. The number of benzene rings is 1. The summed E-state index contributed by atoms with van der Waals surface area (Å²) < 4.78 is 53.1. The number of amides is 1. The third-order valence-electron chi connectivity index (χ3n) is 4.41. The Kier molecular flexibility index (Phi) is 4.97. The SMILES string of the molecule is CC(C)(O)C(NC(=O)C1NC(c2ccc(F)cc2)=C2C=CC=CN21)C(F)(F)F. The molecule has 2 aliphatic rings. The fourth-order valence-electron chi connectivity index (χ4n) is 3.09. The number of fused-ring (bicyclic) bond motifs is 1. The molecule has 0 radical (unpaired) electrons. The number of halogens is 4. The molecular weight excluding hydrogens is 378 g/mol. The van der Waals surface area contributed by atoms with Gasteiger partial charge in [0.25, 0.3) is 5.91 Å². The second kappa shape index (κ2) is 6.97. The molecule has 2 unspecified atom stereocenters. The van der Waals surface area contributed by atoms with E-state index in [0.717, 1.165) is 13.8 Å². The highest BCUT2D eigenvalue weighted by atomic mass is 19.4. The van der Waals surface area contributed by atoms with E-state index in [4.69, 9.17) is 0 Å². The van der Waals surface area contributed by atoms with Gasteiger partial charge in [0.15, 0.2) is 12.2 Å². The molecule has 0 spiro atoms. The zero-order chi connectivity index (χ0) is 20.7. The maximum atomic E-state index is 13.3. The van der Waals surface area contributed by atoms with Crippen molar-refractivity contribution < 1.29 is 27.5 Å². The van der Waals surface area contributed by atoms with Crippen LogP contribution in [-0.2, 0) is 4.79 Å². The third-order valence-corrected chi connectivity index (χ3v) is 4.41. The second-order valence-corrected chi connectivity index (χ2v) is 7.06. The summed E-state index contributed by atoms with van der Waals surface area (Å²) in [6.45, 7) is 1.95. The fourth-order valence-corrected chi connectivity index (χ4v) is 3.09. The molecule has 28 heavy (non-hydrogen) atoms. The first-order valence-corrected chi connectivity index (χ1v) is 8.48. The number of alkyl halides is 3. The average Bonchev–Trinajstić information content (AvgIpc) is 2.98. The zero-order valence-electron chi connectivity index (χ0n) is 15.1. The topological polar surface area (TPSA) is 64.6 Å². The van der Waals surface area contributed by atoms with Gasteiger partial charge in [0.2, 0.25) is 0 Å². The molecule has 9 heteroatoms. The standard InChI is InChI=1S/C19H19F4N3O2/c1-18(2,28)17(19(21,22)23)25-16(27)15-24-14(11-6-8-12(20)9-7-11)13-5-3-4-10-26(13)15/h3-10,15,17,24,28H,1-2H3,(H,25,27). The van der Waals surface area contributed by atoms with E-state index >= 15 is 0 Å². The van der Waals surface area contributed by atoms with E-state index in [1.165, 1.54) is 29.2 Å². The van der Waals surface area contributed by atoms with Crippen LogP contribution in [0.15, 0.2) is 54.4 Å². The lowest BCUT2D eigenvalue weighted by Gasteiger charge is -2.34. The van der Waals surface area contributed by atoms with Crippen molar-refractivity contribution in [3.8, 4) is 0 Å². The Morgan fingerprint density at radius 3 is 2.43 bits per heavy atom. The molecule has 1 aromatic carbocycles. The van der Waals surface area contributed by atoms with E-state index in [1.807, 2.05) is 5.32 Å². The Morgan fingerprint density at radius 1 is 1.21 bits per heavy atom. The van der Waals surface area contributed by atoms with E-state index in [2.05, 4.69) is 5.32 Å². The Labute approximate surface area is 159 Å². The Bertz CT molecular complexity index is 837. The predicted octanol–water partition coefficient (Wildman–Crippen LogP) is 2.63. The number of carbonyl (C=O) groups is 1. The summed E-state index contributed by atoms with van der Waals surface area (Å²) in [4.78, 5) is 14.1. The molecule has 150 valence electrons. The number of rotatable bonds is 4. The van der Waals surface area contributed by atoms with Crippen molar-refractivity contribution >= 4 is 11.6 Å². The van der Waals surface area contributed by atoms with Crippen molar-refractivity contribution in [3.05, 3.63) is 65.8 Å². The van der Waals surface area contributed by atoms with E-state index in [0.29, 0.717) is 17.0 Å². The van der Waals surface area contributed by atoms with Crippen LogP contribution in [0.1, 0.15) is 19.4 Å². The lowest BCUT2D eigenvalue weighted by Crippen LogP contribution is -2.61. The minimum atomic E-state index is -4.83. The van der Waals surface area contributed by atoms with Crippen LogP contribution in [0.5, 0.6) is 0 Å². The highest BCUT2D eigenvalue weighted by Gasteiger charge is 2.50. The summed E-state index contributed by atoms with van der Waals surface area (Å²) in [5, 5.41) is 14.6. The highest BCUT2D eigenvalue weighted by molar-refractivity contribution is 5.88. The number of nitrogens with one attached hydrogen (secondary N) is 2. The summed E-state index contributed by atoms with van der Waals surface area (Å²) in [5.41, 5.74) is -0.597. The third kappa shape index (κ3) is 3.89. The van der Waals surface area contributed by atoms with Crippen LogP contribution in [0.2, 0.25) is 0 Å². The normalized spacial score (nSPS) is 20.1. The monoisotopic (exact) mass is 397 g/mol. The van der Waals surface area contributed by atoms with Crippen molar-refractivity contribution in [1.82, 2.24) is 15.5 Å². The van der Waals surface area contributed by atoms with Crippen molar-refractivity contribution in [3.63, 3.8) is 0 Å².